The monoisotopic (exact) mass is 233 g/mol. The molecule has 0 aliphatic carbocycles. The first-order valence-corrected chi connectivity index (χ1v) is 6.57. The third-order valence-corrected chi connectivity index (χ3v) is 3.46. The van der Waals surface area contributed by atoms with Crippen LogP contribution >= 0.6 is 0 Å². The molecule has 1 aromatic heterocycles. The Morgan fingerprint density at radius 1 is 1.41 bits per heavy atom. The van der Waals surface area contributed by atoms with Crippen molar-refractivity contribution in [3.8, 4) is 0 Å². The van der Waals surface area contributed by atoms with E-state index in [9.17, 15) is 0 Å². The SMILES string of the molecule is Cc1cncc(N2CCCNC(C(C)C)C2)c1. The molecule has 2 heterocycles. The fourth-order valence-corrected chi connectivity index (χ4v) is 2.34. The van der Waals surface area contributed by atoms with Crippen LogP contribution in [-0.2, 0) is 0 Å². The molecular formula is C14H23N3. The van der Waals surface area contributed by atoms with Gasteiger partial charge in [0.25, 0.3) is 0 Å². The summed E-state index contributed by atoms with van der Waals surface area (Å²) in [6.45, 7) is 10.0. The normalized spacial score (nSPS) is 21.6. The number of pyridine rings is 1. The molecule has 1 aromatic rings. The molecule has 0 aromatic carbocycles. The molecule has 94 valence electrons. The Balaban J connectivity index is 2.13. The fraction of sp³-hybridized carbons (Fsp3) is 0.643. The highest BCUT2D eigenvalue weighted by atomic mass is 15.2. The van der Waals surface area contributed by atoms with Gasteiger partial charge in [-0.1, -0.05) is 13.8 Å². The molecule has 0 bridgehead atoms. The number of aromatic nitrogens is 1. The predicted molar refractivity (Wildman–Crippen MR) is 72.4 cm³/mol. The molecule has 0 radical (unpaired) electrons. The lowest BCUT2D eigenvalue weighted by Crippen LogP contribution is -2.41. The van der Waals surface area contributed by atoms with Crippen molar-refractivity contribution in [2.45, 2.75) is 33.2 Å². The van der Waals surface area contributed by atoms with Crippen LogP contribution in [0.15, 0.2) is 18.5 Å². The van der Waals surface area contributed by atoms with Crippen LogP contribution in [0.4, 0.5) is 5.69 Å². The van der Waals surface area contributed by atoms with E-state index in [0.717, 1.165) is 19.6 Å². The summed E-state index contributed by atoms with van der Waals surface area (Å²) in [6.07, 6.45) is 5.10. The van der Waals surface area contributed by atoms with Gasteiger partial charge in [0.05, 0.1) is 11.9 Å². The highest BCUT2D eigenvalue weighted by Gasteiger charge is 2.20. The maximum Gasteiger partial charge on any atom is 0.0555 e. The van der Waals surface area contributed by atoms with Crippen LogP contribution in [0.3, 0.4) is 0 Å². The van der Waals surface area contributed by atoms with Gasteiger partial charge in [0.2, 0.25) is 0 Å². The maximum atomic E-state index is 4.30. The van der Waals surface area contributed by atoms with Crippen LogP contribution in [0.25, 0.3) is 0 Å². The Bertz CT molecular complexity index is 362. The van der Waals surface area contributed by atoms with Gasteiger partial charge in [-0.25, -0.2) is 0 Å². The minimum atomic E-state index is 0.581. The zero-order chi connectivity index (χ0) is 12.3. The average molecular weight is 233 g/mol. The van der Waals surface area contributed by atoms with Crippen molar-refractivity contribution < 1.29 is 0 Å². The summed E-state index contributed by atoms with van der Waals surface area (Å²) >= 11 is 0. The molecule has 1 fully saturated rings. The van der Waals surface area contributed by atoms with Gasteiger partial charge in [-0.15, -0.1) is 0 Å². The zero-order valence-corrected chi connectivity index (χ0v) is 11.1. The molecule has 1 unspecified atom stereocenters. The third kappa shape index (κ3) is 3.19. The first-order chi connectivity index (χ1) is 8.16. The first kappa shape index (κ1) is 12.4. The number of rotatable bonds is 2. The van der Waals surface area contributed by atoms with Crippen LogP contribution < -0.4 is 10.2 Å². The second-order valence-corrected chi connectivity index (χ2v) is 5.32. The molecule has 3 heteroatoms. The van der Waals surface area contributed by atoms with E-state index < -0.39 is 0 Å². The number of hydrogen-bond acceptors (Lipinski definition) is 3. The van der Waals surface area contributed by atoms with Crippen molar-refractivity contribution in [2.24, 2.45) is 5.92 Å². The molecule has 1 saturated heterocycles. The van der Waals surface area contributed by atoms with Crippen molar-refractivity contribution in [1.29, 1.82) is 0 Å². The van der Waals surface area contributed by atoms with Crippen LogP contribution in [0.5, 0.6) is 0 Å². The number of aryl methyl sites for hydroxylation is 1. The van der Waals surface area contributed by atoms with Gasteiger partial charge in [-0.2, -0.15) is 0 Å². The standard InChI is InChI=1S/C14H23N3/c1-11(2)14-10-17(6-4-5-16-14)13-7-12(3)8-15-9-13/h7-9,11,14,16H,4-6,10H2,1-3H3. The number of nitrogens with one attached hydrogen (secondary N) is 1. The Morgan fingerprint density at radius 2 is 2.24 bits per heavy atom. The molecule has 3 nitrogen and oxygen atoms in total. The molecular weight excluding hydrogens is 210 g/mol. The molecule has 0 spiro atoms. The number of nitrogens with zero attached hydrogens (tertiary/aromatic N) is 2. The Hall–Kier alpha value is -1.09. The van der Waals surface area contributed by atoms with Crippen LogP contribution in [-0.4, -0.2) is 30.7 Å². The molecule has 2 rings (SSSR count). The van der Waals surface area contributed by atoms with Crippen molar-refractivity contribution in [3.05, 3.63) is 24.0 Å². The number of anilines is 1. The van der Waals surface area contributed by atoms with E-state index in [1.165, 1.54) is 17.7 Å². The van der Waals surface area contributed by atoms with E-state index in [1.54, 1.807) is 0 Å². The van der Waals surface area contributed by atoms with Crippen LogP contribution in [0.2, 0.25) is 0 Å². The summed E-state index contributed by atoms with van der Waals surface area (Å²) in [5.74, 6) is 0.674. The van der Waals surface area contributed by atoms with Crippen molar-refractivity contribution in [2.75, 3.05) is 24.5 Å². The minimum absolute atomic E-state index is 0.581. The predicted octanol–water partition coefficient (Wildman–Crippen LogP) is 2.21. The van der Waals surface area contributed by atoms with Gasteiger partial charge in [0.1, 0.15) is 0 Å². The lowest BCUT2D eigenvalue weighted by molar-refractivity contribution is 0.420. The van der Waals surface area contributed by atoms with Crippen LogP contribution in [0.1, 0.15) is 25.8 Å². The summed E-state index contributed by atoms with van der Waals surface area (Å²) < 4.78 is 0. The van der Waals surface area contributed by atoms with Gasteiger partial charge >= 0.3 is 0 Å². The van der Waals surface area contributed by atoms with Crippen LogP contribution in [0, 0.1) is 12.8 Å². The van der Waals surface area contributed by atoms with Gasteiger partial charge in [-0.05, 0) is 37.4 Å². The van der Waals surface area contributed by atoms with Crippen molar-refractivity contribution in [3.63, 3.8) is 0 Å². The average Bonchev–Trinajstić information content (AvgIpc) is 2.54. The molecule has 1 atom stereocenters. The highest BCUT2D eigenvalue weighted by molar-refractivity contribution is 5.46. The summed E-state index contributed by atoms with van der Waals surface area (Å²) in [5, 5.41) is 3.63. The molecule has 1 N–H and O–H groups in total. The number of hydrogen-bond donors (Lipinski definition) is 1. The summed E-state index contributed by atoms with van der Waals surface area (Å²) in [6, 6.07) is 2.81. The van der Waals surface area contributed by atoms with Gasteiger partial charge in [0.15, 0.2) is 0 Å². The van der Waals surface area contributed by atoms with Gasteiger partial charge in [0, 0.05) is 25.3 Å². The Morgan fingerprint density at radius 3 is 2.94 bits per heavy atom. The largest absolute Gasteiger partial charge is 0.369 e. The topological polar surface area (TPSA) is 28.2 Å². The van der Waals surface area contributed by atoms with E-state index in [2.05, 4.69) is 42.0 Å². The van der Waals surface area contributed by atoms with E-state index in [1.807, 2.05) is 12.4 Å². The van der Waals surface area contributed by atoms with E-state index in [4.69, 9.17) is 0 Å². The van der Waals surface area contributed by atoms with Crippen molar-refractivity contribution in [1.82, 2.24) is 10.3 Å². The lowest BCUT2D eigenvalue weighted by Gasteiger charge is -2.28. The molecule has 0 saturated carbocycles. The molecule has 0 amide bonds. The van der Waals surface area contributed by atoms with Gasteiger partial charge in [-0.3, -0.25) is 4.98 Å². The second-order valence-electron chi connectivity index (χ2n) is 5.32. The quantitative estimate of drug-likeness (QED) is 0.849. The Labute approximate surface area is 104 Å². The second kappa shape index (κ2) is 5.50. The highest BCUT2D eigenvalue weighted by Crippen LogP contribution is 2.18. The maximum absolute atomic E-state index is 4.30. The summed E-state index contributed by atoms with van der Waals surface area (Å²) in [7, 11) is 0. The summed E-state index contributed by atoms with van der Waals surface area (Å²) in [4.78, 5) is 6.76. The zero-order valence-electron chi connectivity index (χ0n) is 11.1. The first-order valence-electron chi connectivity index (χ1n) is 6.57. The fourth-order valence-electron chi connectivity index (χ4n) is 2.34. The Kier molecular flexibility index (Phi) is 4.00. The van der Waals surface area contributed by atoms with E-state index in [0.29, 0.717) is 12.0 Å². The molecule has 1 aliphatic rings. The third-order valence-electron chi connectivity index (χ3n) is 3.46. The van der Waals surface area contributed by atoms with E-state index in [-0.39, 0.29) is 0 Å². The molecule has 17 heavy (non-hydrogen) atoms. The lowest BCUT2D eigenvalue weighted by atomic mass is 10.0. The summed E-state index contributed by atoms with van der Waals surface area (Å²) in [5.41, 5.74) is 2.50. The smallest absolute Gasteiger partial charge is 0.0555 e. The van der Waals surface area contributed by atoms with E-state index >= 15 is 0 Å². The molecule has 1 aliphatic heterocycles. The van der Waals surface area contributed by atoms with Gasteiger partial charge < -0.3 is 10.2 Å². The van der Waals surface area contributed by atoms with Crippen molar-refractivity contribution >= 4 is 5.69 Å². The minimum Gasteiger partial charge on any atom is -0.369 e.